The Balaban J connectivity index is 0.000000245. The lowest BCUT2D eigenvalue weighted by molar-refractivity contribution is -0.597. The van der Waals surface area contributed by atoms with E-state index in [9.17, 15) is 26.1 Å². The van der Waals surface area contributed by atoms with E-state index in [-0.39, 0.29) is 21.2 Å². The molecule has 3 nitrogen and oxygen atoms in total. The van der Waals surface area contributed by atoms with E-state index in [1.54, 1.807) is 0 Å². The van der Waals surface area contributed by atoms with Crippen LogP contribution in [0.4, 0.5) is 13.2 Å². The fourth-order valence-corrected chi connectivity index (χ4v) is 5.63. The Bertz CT molecular complexity index is 1060. The zero-order valence-corrected chi connectivity index (χ0v) is 21.4. The van der Waals surface area contributed by atoms with E-state index in [0.29, 0.717) is 12.1 Å². The Morgan fingerprint density at radius 1 is 0.788 bits per heavy atom. The number of rotatable bonds is 7. The largest absolute Gasteiger partial charge is 0.744 e. The molecule has 0 heterocycles. The Kier molecular flexibility index (Phi) is 10.4. The molecule has 0 aliphatic carbocycles. The van der Waals surface area contributed by atoms with Crippen LogP contribution in [0, 0.1) is 7.14 Å². The van der Waals surface area contributed by atoms with Crippen LogP contribution in [-0.4, -0.2) is 13.0 Å². The lowest BCUT2D eigenvalue weighted by atomic mass is 10.1. The minimum atomic E-state index is -4.84. The maximum atomic E-state index is 12.1. The molecule has 0 saturated carbocycles. The summed E-state index contributed by atoms with van der Waals surface area (Å²) < 4.78 is 70.4. The van der Waals surface area contributed by atoms with Crippen LogP contribution in [0.15, 0.2) is 77.7 Å². The standard InChI is InChI=1S/C18H22I.C7H5F3O3S/c1-3-5-15-7-11-17(12-8-15)19-18-13-9-16(6-4-2)10-14-18;8-7(9,10)5-2-1-3-6(4-5)14(11,12)13/h7-14H,3-6H2,1-2H3;1-4H,(H,11,12,13)/q+1;/p-1. The SMILES string of the molecule is CCCc1ccc([I+]c2ccc(CCC)cc2)cc1.O=S(=O)([O-])c1cccc(C(F)(F)F)c1. The third-order valence-electron chi connectivity index (χ3n) is 4.57. The molecule has 3 rings (SSSR count). The molecule has 0 bridgehead atoms. The molecule has 0 spiro atoms. The van der Waals surface area contributed by atoms with Gasteiger partial charge in [0.25, 0.3) is 0 Å². The Labute approximate surface area is 204 Å². The van der Waals surface area contributed by atoms with Gasteiger partial charge in [-0.3, -0.25) is 0 Å². The first-order valence-corrected chi connectivity index (χ1v) is 14.1. The number of hydrogen-bond acceptors (Lipinski definition) is 3. The van der Waals surface area contributed by atoms with Gasteiger partial charge in [-0.05, 0) is 66.4 Å². The monoisotopic (exact) mass is 590 g/mol. The summed E-state index contributed by atoms with van der Waals surface area (Å²) in [5.74, 6) is 0. The van der Waals surface area contributed by atoms with E-state index < -0.39 is 26.8 Å². The van der Waals surface area contributed by atoms with Gasteiger partial charge >= 0.3 is 27.4 Å². The van der Waals surface area contributed by atoms with Crippen molar-refractivity contribution in [3.63, 3.8) is 0 Å². The third kappa shape index (κ3) is 9.46. The molecule has 0 fully saturated rings. The van der Waals surface area contributed by atoms with Crippen molar-refractivity contribution in [2.75, 3.05) is 0 Å². The van der Waals surface area contributed by atoms with Crippen LogP contribution in [0.5, 0.6) is 0 Å². The highest BCUT2D eigenvalue weighted by Gasteiger charge is 2.30. The maximum Gasteiger partial charge on any atom is 0.416 e. The van der Waals surface area contributed by atoms with Crippen LogP contribution >= 0.6 is 0 Å². The summed E-state index contributed by atoms with van der Waals surface area (Å²) in [6.45, 7) is 4.47. The molecule has 178 valence electrons. The van der Waals surface area contributed by atoms with Crippen LogP contribution in [0.3, 0.4) is 0 Å². The Morgan fingerprint density at radius 3 is 1.61 bits per heavy atom. The molecule has 0 atom stereocenters. The third-order valence-corrected chi connectivity index (χ3v) is 8.09. The van der Waals surface area contributed by atoms with Crippen LogP contribution in [-0.2, 0) is 29.1 Å². The molecule has 0 radical (unpaired) electrons. The van der Waals surface area contributed by atoms with Gasteiger partial charge < -0.3 is 4.55 Å². The summed E-state index contributed by atoms with van der Waals surface area (Å²) in [6.07, 6.45) is 0.204. The summed E-state index contributed by atoms with van der Waals surface area (Å²) >= 11 is -0.0164. The number of aryl methyl sites for hydroxylation is 2. The Hall–Kier alpha value is -1.91. The minimum Gasteiger partial charge on any atom is -0.744 e. The van der Waals surface area contributed by atoms with Gasteiger partial charge in [-0.1, -0.05) is 57.0 Å². The molecule has 8 heteroatoms. The van der Waals surface area contributed by atoms with Crippen molar-refractivity contribution >= 4 is 10.1 Å². The van der Waals surface area contributed by atoms with Gasteiger partial charge in [0.2, 0.25) is 0 Å². The molecule has 33 heavy (non-hydrogen) atoms. The second kappa shape index (κ2) is 12.5. The minimum absolute atomic E-state index is 0.0164. The van der Waals surface area contributed by atoms with E-state index in [4.69, 9.17) is 0 Å². The number of benzene rings is 3. The topological polar surface area (TPSA) is 57.2 Å². The van der Waals surface area contributed by atoms with Crippen LogP contribution < -0.4 is 21.2 Å². The first-order chi connectivity index (χ1) is 15.5. The second-order valence-electron chi connectivity index (χ2n) is 7.33. The van der Waals surface area contributed by atoms with Gasteiger partial charge in [0.1, 0.15) is 10.1 Å². The van der Waals surface area contributed by atoms with Gasteiger partial charge in [0, 0.05) is 0 Å². The molecule has 0 aliphatic rings. The average molecular weight is 590 g/mol. The predicted octanol–water partition coefficient (Wildman–Crippen LogP) is 3.33. The fourth-order valence-electron chi connectivity index (χ4n) is 2.96. The first-order valence-electron chi connectivity index (χ1n) is 10.5. The van der Waals surface area contributed by atoms with Gasteiger partial charge in [-0.15, -0.1) is 0 Å². The normalized spacial score (nSPS) is 11.6. The smallest absolute Gasteiger partial charge is 0.416 e. The van der Waals surface area contributed by atoms with Gasteiger partial charge in [0.15, 0.2) is 7.14 Å². The second-order valence-corrected chi connectivity index (χ2v) is 11.7. The van der Waals surface area contributed by atoms with Gasteiger partial charge in [0.05, 0.1) is 10.5 Å². The first kappa shape index (κ1) is 27.3. The van der Waals surface area contributed by atoms with E-state index in [1.807, 2.05) is 0 Å². The fraction of sp³-hybridized carbons (Fsp3) is 0.280. The molecule has 3 aromatic carbocycles. The van der Waals surface area contributed by atoms with E-state index >= 15 is 0 Å². The maximum absolute atomic E-state index is 12.1. The highest BCUT2D eigenvalue weighted by Crippen LogP contribution is 2.30. The molecule has 0 N–H and O–H groups in total. The van der Waals surface area contributed by atoms with Gasteiger partial charge in [-0.2, -0.15) is 13.2 Å². The predicted molar refractivity (Wildman–Crippen MR) is 118 cm³/mol. The lowest BCUT2D eigenvalue weighted by Crippen LogP contribution is -3.61. The van der Waals surface area contributed by atoms with Crippen molar-refractivity contribution in [1.82, 2.24) is 0 Å². The van der Waals surface area contributed by atoms with Crippen molar-refractivity contribution < 1.29 is 47.3 Å². The zero-order chi connectivity index (χ0) is 24.5. The van der Waals surface area contributed by atoms with Crippen molar-refractivity contribution in [1.29, 1.82) is 0 Å². The molecular formula is C25H26F3IO3S. The summed E-state index contributed by atoms with van der Waals surface area (Å²) in [6, 6.07) is 21.1. The van der Waals surface area contributed by atoms with Crippen LogP contribution in [0.1, 0.15) is 43.4 Å². The average Bonchev–Trinajstić information content (AvgIpc) is 2.76. The zero-order valence-electron chi connectivity index (χ0n) is 18.4. The lowest BCUT2D eigenvalue weighted by Gasteiger charge is -2.10. The van der Waals surface area contributed by atoms with Gasteiger partial charge in [-0.25, -0.2) is 8.42 Å². The number of halogens is 4. The van der Waals surface area contributed by atoms with E-state index in [1.165, 1.54) is 44.0 Å². The molecular weight excluding hydrogens is 564 g/mol. The van der Waals surface area contributed by atoms with E-state index in [0.717, 1.165) is 12.1 Å². The summed E-state index contributed by atoms with van der Waals surface area (Å²) in [5, 5.41) is 0. The molecule has 0 unspecified atom stereocenters. The molecule has 0 amide bonds. The van der Waals surface area contributed by atoms with Crippen LogP contribution in [0.2, 0.25) is 0 Å². The molecule has 0 saturated heterocycles. The summed E-state index contributed by atoms with van der Waals surface area (Å²) in [4.78, 5) is -0.882. The van der Waals surface area contributed by atoms with Crippen LogP contribution in [0.25, 0.3) is 0 Å². The van der Waals surface area contributed by atoms with Crippen molar-refractivity contribution in [2.45, 2.75) is 50.6 Å². The highest BCUT2D eigenvalue weighted by molar-refractivity contribution is 7.85. The summed E-state index contributed by atoms with van der Waals surface area (Å²) in [5.41, 5.74) is 1.77. The molecule has 0 aliphatic heterocycles. The van der Waals surface area contributed by atoms with Crippen molar-refractivity contribution in [3.8, 4) is 0 Å². The van der Waals surface area contributed by atoms with Crippen molar-refractivity contribution in [3.05, 3.63) is 96.6 Å². The van der Waals surface area contributed by atoms with Crippen molar-refractivity contribution in [2.24, 2.45) is 0 Å². The molecule has 3 aromatic rings. The highest BCUT2D eigenvalue weighted by atomic mass is 127. The number of hydrogen-bond donors (Lipinski definition) is 0. The summed E-state index contributed by atoms with van der Waals surface area (Å²) in [7, 11) is -4.84. The number of alkyl halides is 3. The molecule has 0 aromatic heterocycles. The quantitative estimate of drug-likeness (QED) is 0.314. The van der Waals surface area contributed by atoms with E-state index in [2.05, 4.69) is 62.4 Å². The Morgan fingerprint density at radius 2 is 1.24 bits per heavy atom.